The molecule has 2 aromatic rings. The van der Waals surface area contributed by atoms with Gasteiger partial charge in [0.25, 0.3) is 5.91 Å². The van der Waals surface area contributed by atoms with Crippen LogP contribution in [-0.4, -0.2) is 17.5 Å². The molecule has 4 nitrogen and oxygen atoms in total. The second-order valence-electron chi connectivity index (χ2n) is 3.62. The smallest absolute Gasteiger partial charge is 0.262 e. The standard InChI is InChI=1S/C13H10F2N2O2/c14-10-2-1-3-11(15)13(10)19-8-12(18)17-9-4-6-16-7-5-9/h1-7H,8H2,(H,16,17,18). The van der Waals surface area contributed by atoms with Crippen molar-refractivity contribution in [1.29, 1.82) is 0 Å². The fourth-order valence-corrected chi connectivity index (χ4v) is 1.39. The number of para-hydroxylation sites is 1. The average molecular weight is 264 g/mol. The summed E-state index contributed by atoms with van der Waals surface area (Å²) in [5, 5.41) is 2.50. The number of ether oxygens (including phenoxy) is 1. The van der Waals surface area contributed by atoms with Crippen molar-refractivity contribution in [3.63, 3.8) is 0 Å². The number of pyridine rings is 1. The Balaban J connectivity index is 1.94. The van der Waals surface area contributed by atoms with Gasteiger partial charge in [0.15, 0.2) is 24.0 Å². The summed E-state index contributed by atoms with van der Waals surface area (Å²) in [5.74, 6) is -2.78. The van der Waals surface area contributed by atoms with E-state index < -0.39 is 29.9 Å². The summed E-state index contributed by atoms with van der Waals surface area (Å²) in [4.78, 5) is 15.3. The van der Waals surface area contributed by atoms with E-state index in [2.05, 4.69) is 10.3 Å². The van der Waals surface area contributed by atoms with E-state index in [9.17, 15) is 13.6 Å². The van der Waals surface area contributed by atoms with E-state index in [1.54, 1.807) is 12.1 Å². The zero-order valence-corrected chi connectivity index (χ0v) is 9.77. The minimum atomic E-state index is -0.850. The van der Waals surface area contributed by atoms with Crippen LogP contribution in [0.4, 0.5) is 14.5 Å². The van der Waals surface area contributed by atoms with Gasteiger partial charge in [0.1, 0.15) is 0 Å². The molecule has 1 heterocycles. The molecule has 1 aromatic heterocycles. The molecule has 0 saturated heterocycles. The Morgan fingerprint density at radius 2 is 1.79 bits per heavy atom. The summed E-state index contributed by atoms with van der Waals surface area (Å²) in [5.41, 5.74) is 0.526. The highest BCUT2D eigenvalue weighted by atomic mass is 19.1. The molecule has 0 aliphatic rings. The number of nitrogens with zero attached hydrogens (tertiary/aromatic N) is 1. The third-order valence-corrected chi connectivity index (χ3v) is 2.23. The van der Waals surface area contributed by atoms with Crippen LogP contribution in [0.3, 0.4) is 0 Å². The number of halogens is 2. The number of anilines is 1. The number of hydrogen-bond donors (Lipinski definition) is 1. The first-order valence-corrected chi connectivity index (χ1v) is 5.43. The van der Waals surface area contributed by atoms with Gasteiger partial charge in [-0.3, -0.25) is 9.78 Å². The second-order valence-corrected chi connectivity index (χ2v) is 3.62. The lowest BCUT2D eigenvalue weighted by atomic mass is 10.3. The van der Waals surface area contributed by atoms with Gasteiger partial charge in [0, 0.05) is 18.1 Å². The quantitative estimate of drug-likeness (QED) is 0.922. The first-order valence-electron chi connectivity index (χ1n) is 5.43. The first kappa shape index (κ1) is 12.9. The van der Waals surface area contributed by atoms with Gasteiger partial charge in [-0.05, 0) is 24.3 Å². The minimum Gasteiger partial charge on any atom is -0.478 e. The Bertz CT molecular complexity index is 556. The highest BCUT2D eigenvalue weighted by molar-refractivity contribution is 5.91. The molecule has 0 atom stereocenters. The Labute approximate surface area is 108 Å². The molecule has 98 valence electrons. The number of carbonyl (C=O) groups excluding carboxylic acids is 1. The summed E-state index contributed by atoms with van der Waals surface area (Å²) in [6, 6.07) is 6.50. The van der Waals surface area contributed by atoms with E-state index in [-0.39, 0.29) is 0 Å². The van der Waals surface area contributed by atoms with E-state index >= 15 is 0 Å². The SMILES string of the molecule is O=C(COc1c(F)cccc1F)Nc1ccncc1. The summed E-state index contributed by atoms with van der Waals surface area (Å²) < 4.78 is 31.3. The van der Waals surface area contributed by atoms with Crippen molar-refractivity contribution in [2.24, 2.45) is 0 Å². The molecule has 0 radical (unpaired) electrons. The van der Waals surface area contributed by atoms with Gasteiger partial charge >= 0.3 is 0 Å². The van der Waals surface area contributed by atoms with E-state index in [4.69, 9.17) is 4.74 Å². The molecule has 0 saturated carbocycles. The molecule has 0 unspecified atom stereocenters. The van der Waals surface area contributed by atoms with Crippen LogP contribution in [0.25, 0.3) is 0 Å². The average Bonchev–Trinajstić information content (AvgIpc) is 2.39. The molecule has 1 amide bonds. The van der Waals surface area contributed by atoms with Crippen LogP contribution in [0.2, 0.25) is 0 Å². The van der Waals surface area contributed by atoms with Crippen LogP contribution in [0.1, 0.15) is 0 Å². The highest BCUT2D eigenvalue weighted by Gasteiger charge is 2.11. The lowest BCUT2D eigenvalue weighted by molar-refractivity contribution is -0.118. The van der Waals surface area contributed by atoms with Crippen LogP contribution in [0.5, 0.6) is 5.75 Å². The molecular weight excluding hydrogens is 254 g/mol. The molecule has 1 N–H and O–H groups in total. The van der Waals surface area contributed by atoms with E-state index in [0.29, 0.717) is 5.69 Å². The fourth-order valence-electron chi connectivity index (χ4n) is 1.39. The lowest BCUT2D eigenvalue weighted by Crippen LogP contribution is -2.20. The van der Waals surface area contributed by atoms with Gasteiger partial charge in [-0.1, -0.05) is 6.07 Å². The van der Waals surface area contributed by atoms with Crippen molar-refractivity contribution in [2.75, 3.05) is 11.9 Å². The maximum Gasteiger partial charge on any atom is 0.262 e. The molecular formula is C13H10F2N2O2. The molecule has 19 heavy (non-hydrogen) atoms. The molecule has 0 fully saturated rings. The van der Waals surface area contributed by atoms with Gasteiger partial charge in [-0.25, -0.2) is 8.78 Å². The fraction of sp³-hybridized carbons (Fsp3) is 0.0769. The molecule has 0 bridgehead atoms. The summed E-state index contributed by atoms with van der Waals surface area (Å²) in [6.07, 6.45) is 3.01. The van der Waals surface area contributed by atoms with Crippen molar-refractivity contribution in [2.45, 2.75) is 0 Å². The number of nitrogens with one attached hydrogen (secondary N) is 1. The van der Waals surface area contributed by atoms with Crippen molar-refractivity contribution >= 4 is 11.6 Å². The maximum absolute atomic E-state index is 13.2. The van der Waals surface area contributed by atoms with E-state index in [1.165, 1.54) is 18.5 Å². The summed E-state index contributed by atoms with van der Waals surface area (Å²) in [7, 11) is 0. The number of rotatable bonds is 4. The topological polar surface area (TPSA) is 51.2 Å². The zero-order chi connectivity index (χ0) is 13.7. The van der Waals surface area contributed by atoms with Crippen molar-refractivity contribution in [1.82, 2.24) is 4.98 Å². The Morgan fingerprint density at radius 3 is 2.42 bits per heavy atom. The number of hydrogen-bond acceptors (Lipinski definition) is 3. The van der Waals surface area contributed by atoms with Gasteiger partial charge in [-0.2, -0.15) is 0 Å². The van der Waals surface area contributed by atoms with Gasteiger partial charge in [0.05, 0.1) is 0 Å². The summed E-state index contributed by atoms with van der Waals surface area (Å²) >= 11 is 0. The Hall–Kier alpha value is -2.50. The Kier molecular flexibility index (Phi) is 4.02. The number of benzene rings is 1. The highest BCUT2D eigenvalue weighted by Crippen LogP contribution is 2.20. The molecule has 0 spiro atoms. The molecule has 0 aliphatic carbocycles. The largest absolute Gasteiger partial charge is 0.478 e. The zero-order valence-electron chi connectivity index (χ0n) is 9.77. The van der Waals surface area contributed by atoms with Crippen LogP contribution in [0.15, 0.2) is 42.7 Å². The molecule has 2 rings (SSSR count). The van der Waals surface area contributed by atoms with Crippen LogP contribution >= 0.6 is 0 Å². The predicted octanol–water partition coefficient (Wildman–Crippen LogP) is 2.38. The van der Waals surface area contributed by atoms with Crippen LogP contribution in [-0.2, 0) is 4.79 Å². The van der Waals surface area contributed by atoms with E-state index in [1.807, 2.05) is 0 Å². The van der Waals surface area contributed by atoms with E-state index in [0.717, 1.165) is 12.1 Å². The first-order chi connectivity index (χ1) is 9.16. The van der Waals surface area contributed by atoms with Crippen molar-refractivity contribution < 1.29 is 18.3 Å². The molecule has 1 aromatic carbocycles. The third-order valence-electron chi connectivity index (χ3n) is 2.23. The molecule has 6 heteroatoms. The monoisotopic (exact) mass is 264 g/mol. The second kappa shape index (κ2) is 5.90. The Morgan fingerprint density at radius 1 is 1.16 bits per heavy atom. The third kappa shape index (κ3) is 3.48. The number of carbonyl (C=O) groups is 1. The van der Waals surface area contributed by atoms with Crippen LogP contribution in [0, 0.1) is 11.6 Å². The van der Waals surface area contributed by atoms with Crippen molar-refractivity contribution in [3.05, 3.63) is 54.4 Å². The lowest BCUT2D eigenvalue weighted by Gasteiger charge is -2.08. The van der Waals surface area contributed by atoms with Gasteiger partial charge in [0.2, 0.25) is 0 Å². The molecule has 0 aliphatic heterocycles. The van der Waals surface area contributed by atoms with Crippen molar-refractivity contribution in [3.8, 4) is 5.75 Å². The minimum absolute atomic E-state index is 0.486. The van der Waals surface area contributed by atoms with Crippen LogP contribution < -0.4 is 10.1 Å². The predicted molar refractivity (Wildman–Crippen MR) is 64.7 cm³/mol. The normalized spacial score (nSPS) is 10.0. The van der Waals surface area contributed by atoms with Gasteiger partial charge < -0.3 is 10.1 Å². The van der Waals surface area contributed by atoms with Gasteiger partial charge in [-0.15, -0.1) is 0 Å². The summed E-state index contributed by atoms with van der Waals surface area (Å²) in [6.45, 7) is -0.486. The number of aromatic nitrogens is 1. The number of amides is 1. The maximum atomic E-state index is 13.2.